The maximum absolute atomic E-state index is 12.3. The molecule has 1 fully saturated rings. The summed E-state index contributed by atoms with van der Waals surface area (Å²) in [6.45, 7) is 0. The molecule has 0 spiro atoms. The fraction of sp³-hybridized carbons (Fsp3) is 0.286. The number of carbonyl (C=O) groups is 1. The summed E-state index contributed by atoms with van der Waals surface area (Å²) in [6.07, 6.45) is 14.7. The molecular formula is C21H23N5O. The first kappa shape index (κ1) is 17.3. The molecule has 0 atom stereocenters. The molecule has 1 aliphatic rings. The average molecular weight is 361 g/mol. The lowest BCUT2D eigenvalue weighted by Crippen LogP contribution is -2.19. The molecule has 0 unspecified atom stereocenters. The van der Waals surface area contributed by atoms with Gasteiger partial charge in [-0.25, -0.2) is 9.36 Å². The summed E-state index contributed by atoms with van der Waals surface area (Å²) in [5, 5.41) is 11.7. The molecule has 4 rings (SSSR count). The number of amides is 1. The summed E-state index contributed by atoms with van der Waals surface area (Å²) in [7, 11) is 0. The van der Waals surface area contributed by atoms with Gasteiger partial charge in [0.25, 0.3) is 0 Å². The minimum absolute atomic E-state index is 0.167. The molecule has 1 aromatic carbocycles. The third kappa shape index (κ3) is 4.16. The zero-order chi connectivity index (χ0) is 18.5. The first-order valence-corrected chi connectivity index (χ1v) is 9.42. The molecule has 27 heavy (non-hydrogen) atoms. The van der Waals surface area contributed by atoms with Crippen LogP contribution < -0.4 is 5.32 Å². The van der Waals surface area contributed by atoms with Crippen LogP contribution in [0.25, 0.3) is 11.8 Å². The summed E-state index contributed by atoms with van der Waals surface area (Å²) < 4.78 is 3.74. The monoisotopic (exact) mass is 361 g/mol. The summed E-state index contributed by atoms with van der Waals surface area (Å²) in [5.74, 6) is 0.594. The van der Waals surface area contributed by atoms with E-state index in [1.165, 1.54) is 25.3 Å². The van der Waals surface area contributed by atoms with Crippen LogP contribution in [0.5, 0.6) is 0 Å². The smallest absolute Gasteiger partial charge is 0.249 e. The fourth-order valence-electron chi connectivity index (χ4n) is 3.51. The van der Waals surface area contributed by atoms with Crippen molar-refractivity contribution in [2.45, 2.75) is 38.1 Å². The van der Waals surface area contributed by atoms with Gasteiger partial charge in [0.15, 0.2) is 0 Å². The molecule has 1 saturated carbocycles. The van der Waals surface area contributed by atoms with Crippen LogP contribution in [0.15, 0.2) is 61.1 Å². The zero-order valence-electron chi connectivity index (χ0n) is 15.2. The van der Waals surface area contributed by atoms with Gasteiger partial charge >= 0.3 is 0 Å². The highest BCUT2D eigenvalue weighted by atomic mass is 16.1. The summed E-state index contributed by atoms with van der Waals surface area (Å²) in [6, 6.07) is 12.1. The van der Waals surface area contributed by atoms with Gasteiger partial charge in [-0.1, -0.05) is 37.5 Å². The molecule has 2 heterocycles. The maximum atomic E-state index is 12.3. The number of nitrogens with one attached hydrogen (secondary N) is 1. The molecule has 0 aliphatic heterocycles. The van der Waals surface area contributed by atoms with E-state index in [1.807, 2.05) is 47.3 Å². The van der Waals surface area contributed by atoms with E-state index in [2.05, 4.69) is 15.5 Å². The van der Waals surface area contributed by atoms with Gasteiger partial charge in [0, 0.05) is 23.9 Å². The van der Waals surface area contributed by atoms with Crippen LogP contribution >= 0.6 is 0 Å². The molecule has 0 saturated heterocycles. The number of hydrogen-bond acceptors (Lipinski definition) is 3. The Morgan fingerprint density at radius 2 is 1.89 bits per heavy atom. The van der Waals surface area contributed by atoms with Gasteiger partial charge in [-0.2, -0.15) is 10.2 Å². The molecule has 138 valence electrons. The van der Waals surface area contributed by atoms with Crippen molar-refractivity contribution in [3.05, 3.63) is 66.6 Å². The number of rotatable bonds is 5. The Kier molecular flexibility index (Phi) is 5.14. The summed E-state index contributed by atoms with van der Waals surface area (Å²) >= 11 is 0. The lowest BCUT2D eigenvalue weighted by Gasteiger charge is -2.23. The van der Waals surface area contributed by atoms with Crippen LogP contribution in [-0.2, 0) is 4.79 Å². The second-order valence-electron chi connectivity index (χ2n) is 6.83. The van der Waals surface area contributed by atoms with E-state index in [0.29, 0.717) is 6.04 Å². The topological polar surface area (TPSA) is 64.7 Å². The fourth-order valence-corrected chi connectivity index (χ4v) is 3.51. The Morgan fingerprint density at radius 1 is 1.07 bits per heavy atom. The number of para-hydroxylation sites is 1. The van der Waals surface area contributed by atoms with Gasteiger partial charge in [-0.3, -0.25) is 4.79 Å². The van der Waals surface area contributed by atoms with E-state index in [4.69, 9.17) is 0 Å². The van der Waals surface area contributed by atoms with Gasteiger partial charge < -0.3 is 5.32 Å². The molecule has 1 N–H and O–H groups in total. The van der Waals surface area contributed by atoms with Crippen molar-refractivity contribution in [2.24, 2.45) is 0 Å². The van der Waals surface area contributed by atoms with Crippen LogP contribution in [0.2, 0.25) is 0 Å². The maximum Gasteiger partial charge on any atom is 0.249 e. The minimum atomic E-state index is -0.167. The number of carbonyl (C=O) groups excluding carboxylic acids is 1. The predicted molar refractivity (Wildman–Crippen MR) is 106 cm³/mol. The van der Waals surface area contributed by atoms with E-state index < -0.39 is 0 Å². The normalized spacial score (nSPS) is 15.3. The zero-order valence-corrected chi connectivity index (χ0v) is 15.2. The number of nitrogens with zero attached hydrogens (tertiary/aromatic N) is 4. The minimum Gasteiger partial charge on any atom is -0.307 e. The Balaban J connectivity index is 1.40. The van der Waals surface area contributed by atoms with E-state index >= 15 is 0 Å². The van der Waals surface area contributed by atoms with Gasteiger partial charge in [-0.05, 0) is 31.1 Å². The standard InChI is InChI=1S/C21H23N5O/c27-21(24-20-13-14-22-26(20)19-9-5-2-6-10-19)12-11-17-15-23-25(16-17)18-7-3-1-4-8-18/h1,3-4,7-8,11-16,19H,2,5-6,9-10H2,(H,24,27)/b12-11+. The SMILES string of the molecule is O=C(/C=C/c1cnn(-c2ccccc2)c1)Nc1ccnn1C1CCCCC1. The number of hydrogen-bond donors (Lipinski definition) is 1. The van der Waals surface area contributed by atoms with Crippen molar-refractivity contribution in [1.82, 2.24) is 19.6 Å². The number of benzene rings is 1. The highest BCUT2D eigenvalue weighted by Crippen LogP contribution is 2.29. The van der Waals surface area contributed by atoms with Crippen molar-refractivity contribution >= 4 is 17.8 Å². The van der Waals surface area contributed by atoms with Crippen molar-refractivity contribution in [2.75, 3.05) is 5.32 Å². The quantitative estimate of drug-likeness (QED) is 0.692. The van der Waals surface area contributed by atoms with E-state index in [1.54, 1.807) is 23.2 Å². The molecular weight excluding hydrogens is 338 g/mol. The second-order valence-corrected chi connectivity index (χ2v) is 6.83. The highest BCUT2D eigenvalue weighted by Gasteiger charge is 2.18. The van der Waals surface area contributed by atoms with Gasteiger partial charge in [0.2, 0.25) is 5.91 Å². The molecule has 2 aromatic heterocycles. The lowest BCUT2D eigenvalue weighted by atomic mass is 9.96. The van der Waals surface area contributed by atoms with Crippen molar-refractivity contribution in [3.63, 3.8) is 0 Å². The first-order valence-electron chi connectivity index (χ1n) is 9.42. The van der Waals surface area contributed by atoms with Crippen LogP contribution in [0.3, 0.4) is 0 Å². The molecule has 0 bridgehead atoms. The van der Waals surface area contributed by atoms with E-state index in [9.17, 15) is 4.79 Å². The van der Waals surface area contributed by atoms with Crippen LogP contribution in [-0.4, -0.2) is 25.5 Å². The van der Waals surface area contributed by atoms with Crippen LogP contribution in [0, 0.1) is 0 Å². The number of anilines is 1. The van der Waals surface area contributed by atoms with Gasteiger partial charge in [-0.15, -0.1) is 0 Å². The van der Waals surface area contributed by atoms with Crippen LogP contribution in [0.1, 0.15) is 43.7 Å². The molecule has 6 heteroatoms. The molecule has 1 amide bonds. The van der Waals surface area contributed by atoms with Gasteiger partial charge in [0.1, 0.15) is 5.82 Å². The highest BCUT2D eigenvalue weighted by molar-refractivity contribution is 6.01. The molecule has 6 nitrogen and oxygen atoms in total. The van der Waals surface area contributed by atoms with Crippen molar-refractivity contribution in [1.29, 1.82) is 0 Å². The Morgan fingerprint density at radius 3 is 2.70 bits per heavy atom. The average Bonchev–Trinajstić information content (AvgIpc) is 3.37. The third-order valence-corrected chi connectivity index (χ3v) is 4.89. The van der Waals surface area contributed by atoms with Crippen LogP contribution in [0.4, 0.5) is 5.82 Å². The lowest BCUT2D eigenvalue weighted by molar-refractivity contribution is -0.111. The largest absolute Gasteiger partial charge is 0.307 e. The second kappa shape index (κ2) is 8.03. The summed E-state index contributed by atoms with van der Waals surface area (Å²) in [5.41, 5.74) is 1.85. The first-order chi connectivity index (χ1) is 13.3. The molecule has 1 aliphatic carbocycles. The van der Waals surface area contributed by atoms with Crippen molar-refractivity contribution in [3.8, 4) is 5.69 Å². The van der Waals surface area contributed by atoms with E-state index in [0.717, 1.165) is 29.9 Å². The third-order valence-electron chi connectivity index (χ3n) is 4.89. The van der Waals surface area contributed by atoms with Gasteiger partial charge in [0.05, 0.1) is 24.1 Å². The molecule has 3 aromatic rings. The van der Waals surface area contributed by atoms with E-state index in [-0.39, 0.29) is 5.91 Å². The number of aromatic nitrogens is 4. The Bertz CT molecular complexity index is 919. The van der Waals surface area contributed by atoms with Crippen molar-refractivity contribution < 1.29 is 4.79 Å². The Hall–Kier alpha value is -3.15. The molecule has 0 radical (unpaired) electrons. The summed E-state index contributed by atoms with van der Waals surface area (Å²) in [4.78, 5) is 12.3. The predicted octanol–water partition coefficient (Wildman–Crippen LogP) is 4.23. The Labute approximate surface area is 158 Å².